The monoisotopic (exact) mass is 268 g/mol. The second kappa shape index (κ2) is 7.34. The zero-order valence-electron chi connectivity index (χ0n) is 12.2. The quantitative estimate of drug-likeness (QED) is 0.727. The molecular weight excluding hydrogens is 241 g/mol. The van der Waals surface area contributed by atoms with Crippen molar-refractivity contribution in [2.45, 2.75) is 40.3 Å². The highest BCUT2D eigenvalue weighted by Gasteiger charge is 2.32. The largest absolute Gasteiger partial charge is 0.401 e. The summed E-state index contributed by atoms with van der Waals surface area (Å²) in [4.78, 5) is 1.36. The van der Waals surface area contributed by atoms with Crippen LogP contribution in [0.3, 0.4) is 0 Å². The van der Waals surface area contributed by atoms with E-state index < -0.39 is 12.7 Å². The zero-order valence-corrected chi connectivity index (χ0v) is 12.2. The Kier molecular flexibility index (Phi) is 7.22. The van der Waals surface area contributed by atoms with Crippen molar-refractivity contribution in [2.75, 3.05) is 33.2 Å². The van der Waals surface area contributed by atoms with Gasteiger partial charge in [0.2, 0.25) is 0 Å². The van der Waals surface area contributed by atoms with E-state index in [1.807, 2.05) is 13.8 Å². The van der Waals surface area contributed by atoms with E-state index in [1.54, 1.807) is 0 Å². The van der Waals surface area contributed by atoms with E-state index in [0.717, 1.165) is 19.5 Å². The van der Waals surface area contributed by atoms with Crippen LogP contribution in [0.15, 0.2) is 0 Å². The third-order valence-corrected chi connectivity index (χ3v) is 3.06. The Morgan fingerprint density at radius 2 is 1.72 bits per heavy atom. The highest BCUT2D eigenvalue weighted by atomic mass is 19.4. The molecule has 0 bridgehead atoms. The predicted molar refractivity (Wildman–Crippen MR) is 69.7 cm³/mol. The molecule has 18 heavy (non-hydrogen) atoms. The summed E-state index contributed by atoms with van der Waals surface area (Å²) >= 11 is 0. The maximum atomic E-state index is 12.3. The smallest absolute Gasteiger partial charge is 0.316 e. The van der Waals surface area contributed by atoms with Crippen molar-refractivity contribution in [3.63, 3.8) is 0 Å². The van der Waals surface area contributed by atoms with Crippen LogP contribution >= 0.6 is 0 Å². The van der Waals surface area contributed by atoms with Crippen LogP contribution in [0.25, 0.3) is 0 Å². The molecule has 1 atom stereocenters. The number of nitrogens with zero attached hydrogens (tertiary/aromatic N) is 1. The Morgan fingerprint density at radius 1 is 1.17 bits per heavy atom. The zero-order chi connectivity index (χ0) is 14.4. The van der Waals surface area contributed by atoms with Crippen molar-refractivity contribution in [2.24, 2.45) is 11.3 Å². The van der Waals surface area contributed by atoms with Crippen molar-refractivity contribution < 1.29 is 13.2 Å². The second-order valence-corrected chi connectivity index (χ2v) is 5.98. The third-order valence-electron chi connectivity index (χ3n) is 3.06. The molecule has 0 aliphatic carbocycles. The van der Waals surface area contributed by atoms with Crippen LogP contribution in [0.1, 0.15) is 34.1 Å². The molecule has 0 rings (SSSR count). The van der Waals surface area contributed by atoms with Gasteiger partial charge in [-0.15, -0.1) is 0 Å². The number of nitrogens with one attached hydrogen (secondary N) is 1. The molecule has 2 nitrogen and oxygen atoms in total. The van der Waals surface area contributed by atoms with Crippen molar-refractivity contribution >= 4 is 0 Å². The number of halogens is 3. The van der Waals surface area contributed by atoms with E-state index in [-0.39, 0.29) is 5.41 Å². The second-order valence-electron chi connectivity index (χ2n) is 5.98. The molecule has 0 aromatic rings. The van der Waals surface area contributed by atoms with Gasteiger partial charge in [0.05, 0.1) is 6.54 Å². The summed E-state index contributed by atoms with van der Waals surface area (Å²) in [5.74, 6) is 0.555. The van der Waals surface area contributed by atoms with Gasteiger partial charge < -0.3 is 5.32 Å². The highest BCUT2D eigenvalue weighted by Crippen LogP contribution is 2.23. The summed E-state index contributed by atoms with van der Waals surface area (Å²) in [5.41, 5.74) is -0.116. The summed E-state index contributed by atoms with van der Waals surface area (Å²) in [6.45, 7) is 9.56. The Labute approximate surface area is 109 Å². The van der Waals surface area contributed by atoms with Crippen LogP contribution in [0, 0.1) is 11.3 Å². The van der Waals surface area contributed by atoms with Crippen LogP contribution in [0.4, 0.5) is 13.2 Å². The molecule has 110 valence electrons. The van der Waals surface area contributed by atoms with E-state index in [9.17, 15) is 13.2 Å². The van der Waals surface area contributed by atoms with Crippen molar-refractivity contribution in [3.8, 4) is 0 Å². The molecule has 0 radical (unpaired) electrons. The summed E-state index contributed by atoms with van der Waals surface area (Å²) in [5, 5.41) is 3.34. The standard InChI is InChI=1S/C13H27F3N2/c1-6-12(4,8-17-7-11(2)3)9-18(5)10-13(14,15)16/h11,17H,6-10H2,1-5H3. The number of rotatable bonds is 8. The van der Waals surface area contributed by atoms with Crippen molar-refractivity contribution in [3.05, 3.63) is 0 Å². The molecule has 0 heterocycles. The molecule has 0 spiro atoms. The van der Waals surface area contributed by atoms with Crippen molar-refractivity contribution in [1.82, 2.24) is 10.2 Å². The molecule has 5 heteroatoms. The maximum absolute atomic E-state index is 12.3. The van der Waals surface area contributed by atoms with Gasteiger partial charge in [-0.3, -0.25) is 4.90 Å². The van der Waals surface area contributed by atoms with Gasteiger partial charge in [-0.25, -0.2) is 0 Å². The Hall–Kier alpha value is -0.290. The number of hydrogen-bond acceptors (Lipinski definition) is 2. The lowest BCUT2D eigenvalue weighted by Crippen LogP contribution is -2.44. The molecule has 0 aliphatic rings. The van der Waals surface area contributed by atoms with Crippen LogP contribution in [0.2, 0.25) is 0 Å². The Bertz CT molecular complexity index is 229. The van der Waals surface area contributed by atoms with Gasteiger partial charge >= 0.3 is 6.18 Å². The normalized spacial score (nSPS) is 16.3. The minimum Gasteiger partial charge on any atom is -0.316 e. The average molecular weight is 268 g/mol. The molecule has 0 saturated heterocycles. The molecule has 1 unspecified atom stereocenters. The first-order valence-electron chi connectivity index (χ1n) is 6.54. The third kappa shape index (κ3) is 8.75. The summed E-state index contributed by atoms with van der Waals surface area (Å²) in [6.07, 6.45) is -3.25. The molecule has 0 fully saturated rings. The van der Waals surface area contributed by atoms with E-state index in [4.69, 9.17) is 0 Å². The Morgan fingerprint density at radius 3 is 2.11 bits per heavy atom. The number of hydrogen-bond donors (Lipinski definition) is 1. The first kappa shape index (κ1) is 17.7. The fraction of sp³-hybridized carbons (Fsp3) is 1.00. The molecule has 1 N–H and O–H groups in total. The van der Waals surface area contributed by atoms with Crippen LogP contribution < -0.4 is 5.32 Å². The lowest BCUT2D eigenvalue weighted by atomic mass is 9.86. The molecule has 0 aliphatic heterocycles. The highest BCUT2D eigenvalue weighted by molar-refractivity contribution is 4.79. The van der Waals surface area contributed by atoms with Gasteiger partial charge in [-0.05, 0) is 31.3 Å². The lowest BCUT2D eigenvalue weighted by Gasteiger charge is -2.34. The fourth-order valence-electron chi connectivity index (χ4n) is 1.97. The summed E-state index contributed by atoms with van der Waals surface area (Å²) in [7, 11) is 1.53. The minimum atomic E-state index is -4.12. The summed E-state index contributed by atoms with van der Waals surface area (Å²) in [6, 6.07) is 0. The molecule has 0 amide bonds. The van der Waals surface area contributed by atoms with Gasteiger partial charge in [0, 0.05) is 13.1 Å². The molecule has 0 saturated carbocycles. The fourth-order valence-corrected chi connectivity index (χ4v) is 1.97. The molecule has 0 aromatic carbocycles. The molecular formula is C13H27F3N2. The SMILES string of the molecule is CCC(C)(CNCC(C)C)CN(C)CC(F)(F)F. The van der Waals surface area contributed by atoms with Gasteiger partial charge in [0.25, 0.3) is 0 Å². The summed E-state index contributed by atoms with van der Waals surface area (Å²) < 4.78 is 36.9. The van der Waals surface area contributed by atoms with E-state index >= 15 is 0 Å². The van der Waals surface area contributed by atoms with Gasteiger partial charge in [0.1, 0.15) is 0 Å². The van der Waals surface area contributed by atoms with Crippen LogP contribution in [0.5, 0.6) is 0 Å². The van der Waals surface area contributed by atoms with E-state index in [2.05, 4.69) is 19.2 Å². The van der Waals surface area contributed by atoms with Crippen LogP contribution in [-0.2, 0) is 0 Å². The van der Waals surface area contributed by atoms with Gasteiger partial charge in [0.15, 0.2) is 0 Å². The minimum absolute atomic E-state index is 0.116. The maximum Gasteiger partial charge on any atom is 0.401 e. The van der Waals surface area contributed by atoms with Crippen LogP contribution in [-0.4, -0.2) is 44.3 Å². The van der Waals surface area contributed by atoms with E-state index in [1.165, 1.54) is 11.9 Å². The van der Waals surface area contributed by atoms with E-state index in [0.29, 0.717) is 12.5 Å². The van der Waals surface area contributed by atoms with Gasteiger partial charge in [-0.1, -0.05) is 27.7 Å². The first-order chi connectivity index (χ1) is 8.08. The lowest BCUT2D eigenvalue weighted by molar-refractivity contribution is -0.145. The number of alkyl halides is 3. The predicted octanol–water partition coefficient (Wildman–Crippen LogP) is 3.14. The topological polar surface area (TPSA) is 15.3 Å². The first-order valence-corrected chi connectivity index (χ1v) is 6.54. The average Bonchev–Trinajstić information content (AvgIpc) is 2.13. The van der Waals surface area contributed by atoms with Crippen molar-refractivity contribution in [1.29, 1.82) is 0 Å². The van der Waals surface area contributed by atoms with Gasteiger partial charge in [-0.2, -0.15) is 13.2 Å². The Balaban J connectivity index is 4.20. The molecule has 0 aromatic heterocycles.